The molecule has 0 N–H and O–H groups in total. The Labute approximate surface area is 257 Å². The molecule has 1 atom stereocenters. The summed E-state index contributed by atoms with van der Waals surface area (Å²) in [7, 11) is 1.62. The van der Waals surface area contributed by atoms with E-state index >= 15 is 0 Å². The van der Waals surface area contributed by atoms with Crippen LogP contribution in [0.15, 0.2) is 137 Å². The normalized spacial score (nSPS) is 19.0. The highest BCUT2D eigenvalue weighted by Gasteiger charge is 2.60. The zero-order valence-electron chi connectivity index (χ0n) is 23.1. The van der Waals surface area contributed by atoms with Gasteiger partial charge in [-0.25, -0.2) is 5.01 Å². The van der Waals surface area contributed by atoms with E-state index in [4.69, 9.17) is 9.84 Å². The number of fused-ring (bicyclic) bond motifs is 1. The number of ketones is 1. The number of ether oxygens (including phenoxy) is 1. The summed E-state index contributed by atoms with van der Waals surface area (Å²) >= 11 is 2.68. The van der Waals surface area contributed by atoms with Gasteiger partial charge in [-0.05, 0) is 76.6 Å². The van der Waals surface area contributed by atoms with Crippen molar-refractivity contribution in [2.24, 2.45) is 5.10 Å². The van der Waals surface area contributed by atoms with Crippen molar-refractivity contribution in [3.05, 3.63) is 143 Å². The Morgan fingerprint density at radius 2 is 1.42 bits per heavy atom. The summed E-state index contributed by atoms with van der Waals surface area (Å²) in [5.74, 6) is 0.374. The number of carbonyl (C=O) groups is 2. The molecule has 43 heavy (non-hydrogen) atoms. The van der Waals surface area contributed by atoms with E-state index in [0.29, 0.717) is 21.2 Å². The molecule has 1 amide bonds. The van der Waals surface area contributed by atoms with Crippen molar-refractivity contribution in [1.82, 2.24) is 0 Å². The summed E-state index contributed by atoms with van der Waals surface area (Å²) in [4.78, 5) is 30.6. The first-order valence-electron chi connectivity index (χ1n) is 13.7. The molecule has 1 spiro atoms. The minimum absolute atomic E-state index is 0.171. The quantitative estimate of drug-likeness (QED) is 0.145. The molecule has 8 heteroatoms. The standard InChI is InChI=1S/C35H25N3O3S2/c1-41-30-20-16-24(17-21-30)22-31-34(40)37(28-12-4-2-5-13-28)35(42-31)38(29-14-6-3-7-15-29)36-33(43-35)32(39)27-19-18-25-10-8-9-11-26(25)23-27/h2-23H,1H3/b31-22-/t35-/m1/s1. The van der Waals surface area contributed by atoms with Crippen LogP contribution in [0.2, 0.25) is 0 Å². The van der Waals surface area contributed by atoms with Crippen molar-refractivity contribution in [3.8, 4) is 5.75 Å². The molecule has 5 aromatic carbocycles. The molecule has 6 nitrogen and oxygen atoms in total. The lowest BCUT2D eigenvalue weighted by atomic mass is 10.0. The molecular weight excluding hydrogens is 575 g/mol. The van der Waals surface area contributed by atoms with Crippen molar-refractivity contribution in [3.63, 3.8) is 0 Å². The van der Waals surface area contributed by atoms with Crippen molar-refractivity contribution < 1.29 is 14.3 Å². The monoisotopic (exact) mass is 599 g/mol. The number of hydrogen-bond acceptors (Lipinski definition) is 7. The molecule has 0 aliphatic carbocycles. The Bertz CT molecular complexity index is 1910. The average Bonchev–Trinajstić information content (AvgIpc) is 3.57. The Balaban J connectivity index is 1.35. The van der Waals surface area contributed by atoms with Crippen molar-refractivity contribution in [2.45, 2.75) is 4.33 Å². The van der Waals surface area contributed by atoms with Gasteiger partial charge in [-0.1, -0.05) is 96.7 Å². The van der Waals surface area contributed by atoms with E-state index in [9.17, 15) is 9.59 Å². The first-order valence-corrected chi connectivity index (χ1v) is 15.3. The smallest absolute Gasteiger partial charge is 0.268 e. The molecule has 210 valence electrons. The maximum atomic E-state index is 14.3. The zero-order valence-corrected chi connectivity index (χ0v) is 24.7. The molecule has 0 unspecified atom stereocenters. The largest absolute Gasteiger partial charge is 0.497 e. The summed E-state index contributed by atoms with van der Waals surface area (Å²) < 4.78 is 4.20. The fourth-order valence-electron chi connectivity index (χ4n) is 5.16. The molecule has 1 fully saturated rings. The molecule has 1 saturated heterocycles. The van der Waals surface area contributed by atoms with Gasteiger partial charge in [0.15, 0.2) is 5.04 Å². The van der Waals surface area contributed by atoms with Crippen LogP contribution in [0.3, 0.4) is 0 Å². The van der Waals surface area contributed by atoms with E-state index in [1.54, 1.807) is 17.0 Å². The van der Waals surface area contributed by atoms with Crippen LogP contribution in [0.4, 0.5) is 11.4 Å². The van der Waals surface area contributed by atoms with Crippen LogP contribution >= 0.6 is 23.5 Å². The van der Waals surface area contributed by atoms with Crippen LogP contribution in [-0.4, -0.2) is 28.2 Å². The number of rotatable bonds is 6. The number of anilines is 2. The first kappa shape index (κ1) is 27.1. The number of Topliss-reactive ketones (excluding diaryl/α,β-unsaturated/α-hetero) is 1. The molecule has 2 aliphatic rings. The minimum atomic E-state index is -1.11. The van der Waals surface area contributed by atoms with E-state index in [-0.39, 0.29) is 11.7 Å². The third-order valence-electron chi connectivity index (χ3n) is 7.26. The van der Waals surface area contributed by atoms with Crippen LogP contribution in [0, 0.1) is 0 Å². The van der Waals surface area contributed by atoms with E-state index in [1.807, 2.05) is 133 Å². The second-order valence-electron chi connectivity index (χ2n) is 9.95. The maximum Gasteiger partial charge on any atom is 0.268 e. The van der Waals surface area contributed by atoms with E-state index in [1.165, 1.54) is 23.5 Å². The van der Waals surface area contributed by atoms with Crippen LogP contribution in [0.25, 0.3) is 16.8 Å². The fraction of sp³-hybridized carbons (Fsp3) is 0.0571. The van der Waals surface area contributed by atoms with Crippen LogP contribution in [0.1, 0.15) is 15.9 Å². The Hall–Kier alpha value is -4.79. The fourth-order valence-corrected chi connectivity index (χ4v) is 8.10. The number of methoxy groups -OCH3 is 1. The number of para-hydroxylation sites is 2. The lowest BCUT2D eigenvalue weighted by Crippen LogP contribution is -2.51. The molecule has 0 radical (unpaired) electrons. The van der Waals surface area contributed by atoms with E-state index in [2.05, 4.69) is 0 Å². The predicted octanol–water partition coefficient (Wildman–Crippen LogP) is 8.03. The van der Waals surface area contributed by atoms with Gasteiger partial charge in [-0.3, -0.25) is 14.5 Å². The number of carbonyl (C=O) groups excluding carboxylic acids is 2. The van der Waals surface area contributed by atoms with Gasteiger partial charge in [0.1, 0.15) is 5.75 Å². The summed E-state index contributed by atoms with van der Waals surface area (Å²) in [6.07, 6.45) is 1.88. The highest BCUT2D eigenvalue weighted by atomic mass is 32.2. The number of hydrogen-bond donors (Lipinski definition) is 0. The highest BCUT2D eigenvalue weighted by Crippen LogP contribution is 2.59. The van der Waals surface area contributed by atoms with Crippen LogP contribution in [0.5, 0.6) is 5.75 Å². The lowest BCUT2D eigenvalue weighted by Gasteiger charge is -2.38. The second kappa shape index (κ2) is 11.1. The van der Waals surface area contributed by atoms with E-state index < -0.39 is 4.33 Å². The van der Waals surface area contributed by atoms with Crippen molar-refractivity contribution in [1.29, 1.82) is 0 Å². The molecule has 2 heterocycles. The van der Waals surface area contributed by atoms with Crippen LogP contribution in [-0.2, 0) is 4.79 Å². The van der Waals surface area contributed by atoms with E-state index in [0.717, 1.165) is 27.8 Å². The molecular formula is C35H25N3O3S2. The summed E-state index contributed by atoms with van der Waals surface area (Å²) in [5.41, 5.74) is 2.89. The van der Waals surface area contributed by atoms with Gasteiger partial charge in [-0.15, -0.1) is 0 Å². The molecule has 2 aliphatic heterocycles. The Kier molecular flexibility index (Phi) is 7.01. The molecule has 5 aromatic rings. The highest BCUT2D eigenvalue weighted by molar-refractivity contribution is 8.29. The van der Waals surface area contributed by atoms with Gasteiger partial charge in [-0.2, -0.15) is 5.10 Å². The van der Waals surface area contributed by atoms with Crippen molar-refractivity contribution >= 4 is 68.5 Å². The second-order valence-corrected chi connectivity index (χ2v) is 12.6. The number of hydrazone groups is 1. The summed E-state index contributed by atoms with van der Waals surface area (Å²) in [6, 6.07) is 40.4. The number of benzene rings is 5. The van der Waals surface area contributed by atoms with Gasteiger partial charge >= 0.3 is 0 Å². The summed E-state index contributed by atoms with van der Waals surface area (Å²) in [5, 5.41) is 9.08. The number of nitrogens with zero attached hydrogens (tertiary/aromatic N) is 3. The molecule has 0 saturated carbocycles. The van der Waals surface area contributed by atoms with Gasteiger partial charge in [0, 0.05) is 11.3 Å². The zero-order chi connectivity index (χ0) is 29.4. The first-order chi connectivity index (χ1) is 21.1. The predicted molar refractivity (Wildman–Crippen MR) is 177 cm³/mol. The van der Waals surface area contributed by atoms with Crippen molar-refractivity contribution in [2.75, 3.05) is 17.0 Å². The van der Waals surface area contributed by atoms with Crippen LogP contribution < -0.4 is 14.6 Å². The minimum Gasteiger partial charge on any atom is -0.497 e. The molecule has 0 bridgehead atoms. The number of thioether (sulfide) groups is 2. The number of amides is 1. The SMILES string of the molecule is COc1ccc(/C=C2\S[C@@]3(SC(C(=O)c4ccc5ccccc5c4)=NN3c3ccccc3)N(c3ccccc3)C2=O)cc1. The molecule has 0 aromatic heterocycles. The third-order valence-corrected chi connectivity index (χ3v) is 9.98. The Morgan fingerprint density at radius 1 is 0.767 bits per heavy atom. The molecule has 7 rings (SSSR count). The summed E-state index contributed by atoms with van der Waals surface area (Å²) in [6.45, 7) is 0. The average molecular weight is 600 g/mol. The third kappa shape index (κ3) is 4.88. The van der Waals surface area contributed by atoms with Gasteiger partial charge in [0.25, 0.3) is 5.91 Å². The maximum absolute atomic E-state index is 14.3. The van der Waals surface area contributed by atoms with Gasteiger partial charge in [0.2, 0.25) is 10.1 Å². The topological polar surface area (TPSA) is 62.2 Å². The van der Waals surface area contributed by atoms with Gasteiger partial charge in [0.05, 0.1) is 17.7 Å². The lowest BCUT2D eigenvalue weighted by molar-refractivity contribution is -0.114. The van der Waals surface area contributed by atoms with Gasteiger partial charge < -0.3 is 4.74 Å². The Morgan fingerprint density at radius 3 is 2.12 bits per heavy atom.